The van der Waals surface area contributed by atoms with Crippen molar-refractivity contribution in [2.45, 2.75) is 31.2 Å². The molecule has 6 nitrogen and oxygen atoms in total. The number of nitrogens with one attached hydrogen (secondary N) is 1. The summed E-state index contributed by atoms with van der Waals surface area (Å²) >= 11 is 0. The second-order valence-corrected chi connectivity index (χ2v) is 7.36. The van der Waals surface area contributed by atoms with Gasteiger partial charge in [-0.2, -0.15) is 0 Å². The zero-order valence-electron chi connectivity index (χ0n) is 16.1. The van der Waals surface area contributed by atoms with Crippen LogP contribution in [0.5, 0.6) is 5.75 Å². The summed E-state index contributed by atoms with van der Waals surface area (Å²) in [5.74, 6) is 0.817. The van der Waals surface area contributed by atoms with Crippen LogP contribution in [0.1, 0.15) is 30.4 Å². The predicted molar refractivity (Wildman–Crippen MR) is 106 cm³/mol. The highest BCUT2D eigenvalue weighted by Crippen LogP contribution is 2.50. The van der Waals surface area contributed by atoms with Gasteiger partial charge in [0, 0.05) is 19.6 Å². The summed E-state index contributed by atoms with van der Waals surface area (Å²) in [7, 11) is 1.62. The molecule has 2 aromatic carbocycles. The second kappa shape index (κ2) is 7.54. The number of ether oxygens (including phenoxy) is 1. The van der Waals surface area contributed by atoms with Crippen LogP contribution in [0.25, 0.3) is 0 Å². The van der Waals surface area contributed by atoms with Gasteiger partial charge in [0.25, 0.3) is 5.91 Å². The number of carbonyl (C=O) groups is 2. The lowest BCUT2D eigenvalue weighted by Crippen LogP contribution is -2.52. The molecule has 1 aliphatic carbocycles. The van der Waals surface area contributed by atoms with Gasteiger partial charge in [-0.1, -0.05) is 42.5 Å². The third kappa shape index (κ3) is 3.42. The third-order valence-electron chi connectivity index (χ3n) is 5.59. The number of methoxy groups -OCH3 is 1. The summed E-state index contributed by atoms with van der Waals surface area (Å²) < 4.78 is 5.15. The highest BCUT2D eigenvalue weighted by atomic mass is 16.5. The first-order chi connectivity index (χ1) is 13.6. The van der Waals surface area contributed by atoms with Crippen molar-refractivity contribution in [2.24, 2.45) is 0 Å². The molecule has 6 heteroatoms. The van der Waals surface area contributed by atoms with E-state index in [0.717, 1.165) is 36.1 Å². The quantitative estimate of drug-likeness (QED) is 0.868. The first-order valence-corrected chi connectivity index (χ1v) is 9.70. The van der Waals surface area contributed by atoms with Gasteiger partial charge in [-0.3, -0.25) is 4.79 Å². The molecule has 1 saturated carbocycles. The fourth-order valence-electron chi connectivity index (χ4n) is 3.80. The topological polar surface area (TPSA) is 61.9 Å². The Balaban J connectivity index is 1.41. The summed E-state index contributed by atoms with van der Waals surface area (Å²) in [6.07, 6.45) is 2.48. The van der Waals surface area contributed by atoms with Crippen LogP contribution < -0.4 is 10.1 Å². The Morgan fingerprint density at radius 2 is 1.68 bits per heavy atom. The molecule has 1 heterocycles. The summed E-state index contributed by atoms with van der Waals surface area (Å²) in [6, 6.07) is 17.2. The van der Waals surface area contributed by atoms with Gasteiger partial charge in [0.1, 0.15) is 5.75 Å². The first-order valence-electron chi connectivity index (χ1n) is 9.70. The van der Waals surface area contributed by atoms with Gasteiger partial charge in [-0.25, -0.2) is 14.8 Å². The van der Waals surface area contributed by atoms with Crippen molar-refractivity contribution in [1.82, 2.24) is 15.3 Å². The van der Waals surface area contributed by atoms with Crippen molar-refractivity contribution in [3.8, 4) is 5.75 Å². The van der Waals surface area contributed by atoms with E-state index in [9.17, 15) is 9.59 Å². The molecule has 1 saturated heterocycles. The van der Waals surface area contributed by atoms with Gasteiger partial charge in [-0.05, 0) is 42.5 Å². The Morgan fingerprint density at radius 1 is 1.00 bits per heavy atom. The Kier molecular flexibility index (Phi) is 4.94. The number of urea groups is 1. The van der Waals surface area contributed by atoms with Gasteiger partial charge in [-0.15, -0.1) is 0 Å². The Hall–Kier alpha value is -3.02. The maximum atomic E-state index is 13.3. The van der Waals surface area contributed by atoms with Gasteiger partial charge in [0.05, 0.1) is 12.5 Å². The molecule has 1 N–H and O–H groups in total. The fraction of sp³-hybridized carbons (Fsp3) is 0.364. The average molecular weight is 379 g/mol. The highest BCUT2D eigenvalue weighted by molar-refractivity contribution is 5.93. The molecule has 0 spiro atoms. The third-order valence-corrected chi connectivity index (χ3v) is 5.59. The molecule has 4 rings (SSSR count). The molecule has 0 atom stereocenters. The summed E-state index contributed by atoms with van der Waals surface area (Å²) in [5.41, 5.74) is 1.57. The lowest BCUT2D eigenvalue weighted by molar-refractivity contribution is -0.143. The number of nitrogens with zero attached hydrogens (tertiary/aromatic N) is 2. The summed E-state index contributed by atoms with van der Waals surface area (Å²) in [4.78, 5) is 26.0. The van der Waals surface area contributed by atoms with Crippen LogP contribution in [-0.4, -0.2) is 42.2 Å². The zero-order valence-corrected chi connectivity index (χ0v) is 16.1. The molecule has 3 amide bonds. The van der Waals surface area contributed by atoms with E-state index in [0.29, 0.717) is 19.6 Å². The Morgan fingerprint density at radius 3 is 2.32 bits per heavy atom. The molecular formula is C22H25N3O3. The van der Waals surface area contributed by atoms with Crippen LogP contribution in [0.2, 0.25) is 0 Å². The Labute approximate surface area is 165 Å². The monoisotopic (exact) mass is 379 g/mol. The lowest BCUT2D eigenvalue weighted by atomic mass is 9.95. The van der Waals surface area contributed by atoms with E-state index >= 15 is 0 Å². The van der Waals surface area contributed by atoms with E-state index in [1.54, 1.807) is 17.1 Å². The van der Waals surface area contributed by atoms with Crippen molar-refractivity contribution in [1.29, 1.82) is 0 Å². The van der Waals surface area contributed by atoms with Crippen LogP contribution in [0, 0.1) is 0 Å². The molecule has 28 heavy (non-hydrogen) atoms. The predicted octanol–water partition coefficient (Wildman–Crippen LogP) is 3.09. The Bertz CT molecular complexity index is 847. The first kappa shape index (κ1) is 18.3. The van der Waals surface area contributed by atoms with Gasteiger partial charge < -0.3 is 10.1 Å². The molecule has 0 aromatic heterocycles. The molecular weight excluding hydrogens is 354 g/mol. The standard InChI is InChI=1S/C22H25N3O3/c1-28-19-10-8-17(9-11-19)16-23-21(27)25-15-5-14-24(25)20(26)22(12-13-22)18-6-3-2-4-7-18/h2-4,6-11H,5,12-16H2,1H3,(H,23,27). The zero-order chi connectivity index (χ0) is 19.6. The van der Waals surface area contributed by atoms with Gasteiger partial charge in [0.15, 0.2) is 0 Å². The summed E-state index contributed by atoms with van der Waals surface area (Å²) in [5, 5.41) is 6.13. The molecule has 146 valence electrons. The molecule has 2 aliphatic rings. The van der Waals surface area contributed by atoms with Crippen molar-refractivity contribution in [3.05, 3.63) is 65.7 Å². The van der Waals surface area contributed by atoms with Crippen LogP contribution in [-0.2, 0) is 16.8 Å². The van der Waals surface area contributed by atoms with Crippen LogP contribution in [0.15, 0.2) is 54.6 Å². The van der Waals surface area contributed by atoms with Crippen LogP contribution in [0.3, 0.4) is 0 Å². The van der Waals surface area contributed by atoms with E-state index in [1.807, 2.05) is 54.6 Å². The van der Waals surface area contributed by atoms with Crippen LogP contribution >= 0.6 is 0 Å². The number of amides is 3. The minimum absolute atomic E-state index is 0.0378. The second-order valence-electron chi connectivity index (χ2n) is 7.36. The highest BCUT2D eigenvalue weighted by Gasteiger charge is 2.54. The lowest BCUT2D eigenvalue weighted by Gasteiger charge is -2.31. The number of hydrogen-bond acceptors (Lipinski definition) is 3. The van der Waals surface area contributed by atoms with E-state index in [4.69, 9.17) is 4.74 Å². The minimum Gasteiger partial charge on any atom is -0.497 e. The molecule has 0 unspecified atom stereocenters. The molecule has 2 aromatic rings. The normalized spacial score (nSPS) is 17.3. The molecule has 2 fully saturated rings. The number of hydrazine groups is 1. The van der Waals surface area contributed by atoms with E-state index < -0.39 is 5.41 Å². The van der Waals surface area contributed by atoms with Gasteiger partial charge in [0.2, 0.25) is 0 Å². The van der Waals surface area contributed by atoms with Crippen LogP contribution in [0.4, 0.5) is 4.79 Å². The van der Waals surface area contributed by atoms with Crippen molar-refractivity contribution >= 4 is 11.9 Å². The van der Waals surface area contributed by atoms with E-state index in [-0.39, 0.29) is 11.9 Å². The molecule has 0 bridgehead atoms. The van der Waals surface area contributed by atoms with Crippen molar-refractivity contribution in [2.75, 3.05) is 20.2 Å². The largest absolute Gasteiger partial charge is 0.497 e. The number of hydrogen-bond donors (Lipinski definition) is 1. The SMILES string of the molecule is COc1ccc(CNC(=O)N2CCCN2C(=O)C2(c3ccccc3)CC2)cc1. The molecule has 1 aliphatic heterocycles. The number of benzene rings is 2. The molecule has 0 radical (unpaired) electrons. The van der Waals surface area contributed by atoms with E-state index in [1.165, 1.54) is 0 Å². The maximum Gasteiger partial charge on any atom is 0.336 e. The maximum absolute atomic E-state index is 13.3. The van der Waals surface area contributed by atoms with Crippen molar-refractivity contribution < 1.29 is 14.3 Å². The van der Waals surface area contributed by atoms with Gasteiger partial charge >= 0.3 is 6.03 Å². The number of carbonyl (C=O) groups excluding carboxylic acids is 2. The minimum atomic E-state index is -0.458. The smallest absolute Gasteiger partial charge is 0.336 e. The van der Waals surface area contributed by atoms with Crippen molar-refractivity contribution in [3.63, 3.8) is 0 Å². The number of rotatable bonds is 5. The average Bonchev–Trinajstić information content (AvgIpc) is 3.42. The fourth-order valence-corrected chi connectivity index (χ4v) is 3.80. The van der Waals surface area contributed by atoms with E-state index in [2.05, 4.69) is 5.32 Å². The summed E-state index contributed by atoms with van der Waals surface area (Å²) in [6.45, 7) is 1.56.